The molecule has 512 valence electrons. The maximum Gasteiger partial charge on any atom is 0.261 e. The first-order chi connectivity index (χ1) is 48.4. The molecule has 0 N–H and O–H groups in total. The molecule has 0 aliphatic carbocycles. The molecule has 0 saturated carbocycles. The van der Waals surface area contributed by atoms with Crippen LogP contribution in [-0.4, -0.2) is 91.3 Å². The molecule has 0 amide bonds. The summed E-state index contributed by atoms with van der Waals surface area (Å²) >= 11 is 0. The molecular weight excluding hydrogens is 1270 g/mol. The van der Waals surface area contributed by atoms with Gasteiger partial charge in [0.1, 0.15) is 48.8 Å². The average molecular weight is 1360 g/mol. The highest BCUT2D eigenvalue weighted by molar-refractivity contribution is 7.00. The van der Waals surface area contributed by atoms with Crippen LogP contribution < -0.4 is 20.7 Å². The molecule has 2 heterocycles. The Bertz CT molecular complexity index is 3600. The minimum absolute atomic E-state index is 0.0792. The molecule has 12 rings (SSSR count). The van der Waals surface area contributed by atoms with Gasteiger partial charge in [0, 0.05) is 0 Å². The van der Waals surface area contributed by atoms with Gasteiger partial charge in [-0.1, -0.05) is 345 Å². The van der Waals surface area contributed by atoms with Gasteiger partial charge in [0.05, 0.1) is 52.9 Å². The van der Waals surface area contributed by atoms with Crippen molar-refractivity contribution in [3.8, 4) is 0 Å². The summed E-state index contributed by atoms with van der Waals surface area (Å²) in [5, 5.41) is 3.73. The summed E-state index contributed by atoms with van der Waals surface area (Å²) in [5.74, 6) is 0. The number of rotatable bonds is 30. The van der Waals surface area contributed by atoms with Gasteiger partial charge in [0.15, 0.2) is 12.6 Å². The molecule has 2 aliphatic heterocycles. The van der Waals surface area contributed by atoms with Gasteiger partial charge >= 0.3 is 0 Å². The monoisotopic (exact) mass is 1360 g/mol. The molecule has 0 bridgehead atoms. The lowest BCUT2D eigenvalue weighted by atomic mass is 9.96. The molecule has 0 aromatic heterocycles. The van der Waals surface area contributed by atoms with Crippen LogP contribution in [0.2, 0.25) is 10.1 Å². The van der Waals surface area contributed by atoms with Crippen LogP contribution in [0.1, 0.15) is 74.9 Å². The van der Waals surface area contributed by atoms with E-state index in [4.69, 9.17) is 51.5 Å². The van der Waals surface area contributed by atoms with Crippen LogP contribution in [0.15, 0.2) is 303 Å². The third-order valence-electron chi connectivity index (χ3n) is 18.9. The Morgan fingerprint density at radius 3 is 0.657 bits per heavy atom. The normalized spacial score (nSPS) is 21.4. The van der Waals surface area contributed by atoms with Gasteiger partial charge in [-0.25, -0.2) is 0 Å². The number of ether oxygens (including phenoxy) is 9. The second-order valence-electron chi connectivity index (χ2n) is 27.7. The van der Waals surface area contributed by atoms with E-state index in [-0.39, 0.29) is 62.9 Å². The Hall–Kier alpha value is -7.81. The van der Waals surface area contributed by atoms with Gasteiger partial charge in [-0.05, 0) is 64.2 Å². The van der Waals surface area contributed by atoms with Gasteiger partial charge < -0.3 is 51.5 Å². The highest BCUT2D eigenvalue weighted by Gasteiger charge is 2.58. The maximum absolute atomic E-state index is 7.94. The molecule has 10 atom stereocenters. The Labute approximate surface area is 588 Å². The van der Waals surface area contributed by atoms with Gasteiger partial charge in [-0.2, -0.15) is 0 Å². The maximum atomic E-state index is 7.94. The summed E-state index contributed by atoms with van der Waals surface area (Å²) in [7, 11) is -6.51. The van der Waals surface area contributed by atoms with Gasteiger partial charge in [0.25, 0.3) is 16.6 Å². The van der Waals surface area contributed by atoms with Crippen molar-refractivity contribution in [2.24, 2.45) is 0 Å². The first-order valence-electron chi connectivity index (χ1n) is 34.8. The number of benzene rings is 10. The zero-order chi connectivity index (χ0) is 68.3. The fraction of sp³-hybridized carbons (Fsp3) is 0.302. The van der Waals surface area contributed by atoms with Crippen molar-refractivity contribution in [3.63, 3.8) is 0 Å². The van der Waals surface area contributed by atoms with Crippen molar-refractivity contribution in [1.82, 2.24) is 0 Å². The lowest BCUT2D eigenvalue weighted by molar-refractivity contribution is -0.393. The van der Waals surface area contributed by atoms with Crippen molar-refractivity contribution < 1.29 is 51.5 Å². The Kier molecular flexibility index (Phi) is 24.4. The lowest BCUT2D eigenvalue weighted by Gasteiger charge is -2.51. The number of hydrogen-bond donors (Lipinski definition) is 0. The molecule has 0 radical (unpaired) electrons. The molecule has 0 spiro atoms. The van der Waals surface area contributed by atoms with E-state index in [0.29, 0.717) is 0 Å². The second kappa shape index (κ2) is 34.0. The quantitative estimate of drug-likeness (QED) is 0.0402. The summed E-state index contributed by atoms with van der Waals surface area (Å²) in [6, 6.07) is 104. The van der Waals surface area contributed by atoms with Crippen LogP contribution in [0.5, 0.6) is 0 Å². The van der Waals surface area contributed by atoms with E-state index in [0.717, 1.165) is 54.1 Å². The summed E-state index contributed by atoms with van der Waals surface area (Å²) < 4.78 is 83.7. The SMILES string of the molecule is CC(C)(C)[Si](OC[C@H]1O[C@H](O[C@H]2O[C@H](CO[Si](c3ccccc3)(c3ccccc3)C(C)(C)C)[C@@H](OCc3ccccc3)[C@H](OCc3ccccc3)[C@H]2OCc2ccccc2)[C@H](OCc2ccccc2)[C@@H](OCc2ccccc2)[C@@H]1OCc1ccccc1)(c1ccccc1)c1ccccc1. The van der Waals surface area contributed by atoms with Crippen LogP contribution in [0.3, 0.4) is 0 Å². The summed E-state index contributed by atoms with van der Waals surface area (Å²) in [5.41, 5.74) is 5.80. The van der Waals surface area contributed by atoms with E-state index < -0.39 is 78.0 Å². The molecule has 99 heavy (non-hydrogen) atoms. The minimum Gasteiger partial charge on any atom is -0.405 e. The molecule has 10 aromatic carbocycles. The first kappa shape index (κ1) is 71.0. The van der Waals surface area contributed by atoms with Crippen LogP contribution in [0, 0.1) is 0 Å². The van der Waals surface area contributed by atoms with Gasteiger partial charge in [0.2, 0.25) is 0 Å². The van der Waals surface area contributed by atoms with Crippen molar-refractivity contribution in [1.29, 1.82) is 0 Å². The average Bonchev–Trinajstić information content (AvgIpc) is 0.753. The van der Waals surface area contributed by atoms with Crippen molar-refractivity contribution in [3.05, 3.63) is 337 Å². The summed E-state index contributed by atoms with van der Waals surface area (Å²) in [4.78, 5) is 0. The molecular formula is C86H94O11Si2. The van der Waals surface area contributed by atoms with Crippen LogP contribution in [0.25, 0.3) is 0 Å². The van der Waals surface area contributed by atoms with E-state index in [9.17, 15) is 0 Å². The molecule has 2 fully saturated rings. The Morgan fingerprint density at radius 1 is 0.253 bits per heavy atom. The minimum atomic E-state index is -3.26. The molecule has 10 aromatic rings. The van der Waals surface area contributed by atoms with Gasteiger partial charge in [-0.3, -0.25) is 0 Å². The Morgan fingerprint density at radius 2 is 0.444 bits per heavy atom. The van der Waals surface area contributed by atoms with E-state index >= 15 is 0 Å². The van der Waals surface area contributed by atoms with E-state index in [2.05, 4.69) is 236 Å². The standard InChI is InChI=1S/C86H94O11Si2/c1-85(2,3)98(71-49-29-13-30-50-71,72-51-31-14-32-52-72)93-63-75-77(87-57-65-37-17-7-18-38-65)79(89-59-67-41-21-9-22-42-67)81(91-61-69-45-25-11-26-46-69)83(95-75)97-84-82(92-62-70-47-27-12-28-48-70)80(90-60-68-43-23-10-24-44-68)78(88-58-66-39-19-8-20-40-66)76(96-84)64-94-99(86(4,5)6,73-53-33-15-34-54-73)74-55-35-16-36-56-74/h7-56,75-84H,57-64H2,1-6H3/t75-,76-,77-,78-,79+,80+,81-,82-,83-,84-/m1/s1. The molecule has 11 nitrogen and oxygen atoms in total. The molecule has 13 heteroatoms. The van der Waals surface area contributed by atoms with E-state index in [1.807, 2.05) is 109 Å². The smallest absolute Gasteiger partial charge is 0.261 e. The highest BCUT2D eigenvalue weighted by Crippen LogP contribution is 2.42. The molecule has 2 saturated heterocycles. The molecule has 0 unspecified atom stereocenters. The topological polar surface area (TPSA) is 102 Å². The predicted molar refractivity (Wildman–Crippen MR) is 396 cm³/mol. The highest BCUT2D eigenvalue weighted by atomic mass is 28.4. The zero-order valence-corrected chi connectivity index (χ0v) is 59.8. The van der Waals surface area contributed by atoms with E-state index in [1.165, 1.54) is 0 Å². The van der Waals surface area contributed by atoms with Gasteiger partial charge in [-0.15, -0.1) is 0 Å². The second-order valence-corrected chi connectivity index (χ2v) is 36.3. The zero-order valence-electron chi connectivity index (χ0n) is 57.8. The van der Waals surface area contributed by atoms with Crippen molar-refractivity contribution >= 4 is 37.4 Å². The fourth-order valence-electron chi connectivity index (χ4n) is 14.0. The first-order valence-corrected chi connectivity index (χ1v) is 38.6. The van der Waals surface area contributed by atoms with Crippen LogP contribution in [-0.2, 0) is 91.1 Å². The molecule has 2 aliphatic rings. The number of hydrogen-bond acceptors (Lipinski definition) is 11. The summed E-state index contributed by atoms with van der Waals surface area (Å²) in [6.07, 6.45) is -9.39. The fourth-order valence-corrected chi connectivity index (χ4v) is 23.2. The third-order valence-corrected chi connectivity index (χ3v) is 28.9. The van der Waals surface area contributed by atoms with Crippen molar-refractivity contribution in [2.45, 2.75) is 153 Å². The van der Waals surface area contributed by atoms with Crippen molar-refractivity contribution in [2.75, 3.05) is 13.2 Å². The van der Waals surface area contributed by atoms with Crippen LogP contribution >= 0.6 is 0 Å². The van der Waals surface area contributed by atoms with E-state index in [1.54, 1.807) is 0 Å². The predicted octanol–water partition coefficient (Wildman–Crippen LogP) is 15.1. The van der Waals surface area contributed by atoms with Crippen LogP contribution in [0.4, 0.5) is 0 Å². The lowest BCUT2D eigenvalue weighted by Crippen LogP contribution is -2.69. The third kappa shape index (κ3) is 17.5. The largest absolute Gasteiger partial charge is 0.405 e. The summed E-state index contributed by atoms with van der Waals surface area (Å²) in [6.45, 7) is 15.1. The Balaban J connectivity index is 1.02.